The molecule has 4 aromatic rings. The Balaban J connectivity index is 1.46. The smallest absolute Gasteiger partial charge is 0.307 e. The summed E-state index contributed by atoms with van der Waals surface area (Å²) in [6.07, 6.45) is 1.52. The third kappa shape index (κ3) is 6.40. The second-order valence-electron chi connectivity index (χ2n) is 7.76. The molecule has 0 unspecified atom stereocenters. The van der Waals surface area contributed by atoms with Gasteiger partial charge in [-0.2, -0.15) is 10.4 Å². The van der Waals surface area contributed by atoms with Crippen LogP contribution in [0.1, 0.15) is 41.1 Å². The summed E-state index contributed by atoms with van der Waals surface area (Å²) in [5.74, 6) is 1.50. The molecule has 0 fully saturated rings. The Morgan fingerprint density at radius 3 is 2.68 bits per heavy atom. The van der Waals surface area contributed by atoms with Gasteiger partial charge in [0.15, 0.2) is 17.3 Å². The highest BCUT2D eigenvalue weighted by atomic mass is 127. The van der Waals surface area contributed by atoms with Gasteiger partial charge in [-0.25, -0.2) is 5.43 Å². The van der Waals surface area contributed by atoms with Crippen molar-refractivity contribution in [2.45, 2.75) is 20.5 Å². The van der Waals surface area contributed by atoms with Crippen LogP contribution in [0.25, 0.3) is 11.0 Å². The van der Waals surface area contributed by atoms with Crippen molar-refractivity contribution in [1.82, 2.24) is 5.43 Å². The number of furan rings is 1. The van der Waals surface area contributed by atoms with Crippen LogP contribution >= 0.6 is 22.6 Å². The Morgan fingerprint density at radius 1 is 1.08 bits per heavy atom. The molecule has 0 radical (unpaired) electrons. The van der Waals surface area contributed by atoms with Gasteiger partial charge in [0.25, 0.3) is 0 Å². The zero-order valence-corrected chi connectivity index (χ0v) is 22.4. The van der Waals surface area contributed by atoms with Crippen molar-refractivity contribution in [3.8, 4) is 23.3 Å². The van der Waals surface area contributed by atoms with Crippen LogP contribution in [0, 0.1) is 14.9 Å². The van der Waals surface area contributed by atoms with Gasteiger partial charge in [0, 0.05) is 10.9 Å². The van der Waals surface area contributed by atoms with Crippen molar-refractivity contribution in [2.75, 3.05) is 13.2 Å². The van der Waals surface area contributed by atoms with Gasteiger partial charge in [0.2, 0.25) is 0 Å². The zero-order valence-electron chi connectivity index (χ0n) is 20.3. The van der Waals surface area contributed by atoms with E-state index in [1.165, 1.54) is 6.21 Å². The Hall–Kier alpha value is -4.04. The molecule has 0 bridgehead atoms. The number of nitrogens with one attached hydrogen (secondary N) is 1. The van der Waals surface area contributed by atoms with Crippen molar-refractivity contribution >= 4 is 45.7 Å². The first-order valence-corrected chi connectivity index (χ1v) is 12.7. The first-order valence-electron chi connectivity index (χ1n) is 11.6. The molecule has 1 amide bonds. The van der Waals surface area contributed by atoms with E-state index >= 15 is 0 Å². The number of hydrogen-bond donors (Lipinski definition) is 1. The molecule has 1 N–H and O–H groups in total. The number of halogens is 1. The molecule has 0 spiro atoms. The van der Waals surface area contributed by atoms with Crippen LogP contribution < -0.4 is 19.6 Å². The topological polar surface area (TPSA) is 106 Å². The van der Waals surface area contributed by atoms with Gasteiger partial charge in [-0.15, -0.1) is 0 Å². The number of ether oxygens (including phenoxy) is 3. The fraction of sp³-hybridized carbons (Fsp3) is 0.179. The normalized spacial score (nSPS) is 10.9. The molecule has 0 atom stereocenters. The first kappa shape index (κ1) is 26.0. The summed E-state index contributed by atoms with van der Waals surface area (Å²) >= 11 is 2.16. The van der Waals surface area contributed by atoms with Crippen LogP contribution in [-0.2, 0) is 6.61 Å². The number of carbonyl (C=O) groups is 1. The standard InChI is InChI=1S/C28H24IN3O5/c1-3-34-22-9-10-24-21(13-22)14-26(37-24)28(33)32-31-16-18-11-23(29)27(25(12-18)35-4-2)36-17-20-8-6-5-7-19(20)15-30/h5-14,16H,3-4,17H2,1-2H3,(H,32,33)/b31-16+. The Kier molecular flexibility index (Phi) is 8.64. The van der Waals surface area contributed by atoms with E-state index < -0.39 is 5.91 Å². The van der Waals surface area contributed by atoms with Crippen LogP contribution in [-0.4, -0.2) is 25.3 Å². The van der Waals surface area contributed by atoms with Gasteiger partial charge in [-0.3, -0.25) is 4.79 Å². The van der Waals surface area contributed by atoms with E-state index in [4.69, 9.17) is 18.6 Å². The maximum atomic E-state index is 12.6. The number of nitrogens with zero attached hydrogens (tertiary/aromatic N) is 2. The lowest BCUT2D eigenvalue weighted by molar-refractivity contribution is 0.0929. The number of rotatable bonds is 10. The fourth-order valence-electron chi connectivity index (χ4n) is 3.58. The minimum Gasteiger partial charge on any atom is -0.494 e. The van der Waals surface area contributed by atoms with Crippen LogP contribution in [0.15, 0.2) is 70.2 Å². The molecule has 0 saturated carbocycles. The van der Waals surface area contributed by atoms with Crippen molar-refractivity contribution in [2.24, 2.45) is 5.10 Å². The second-order valence-corrected chi connectivity index (χ2v) is 8.93. The van der Waals surface area contributed by atoms with Gasteiger partial charge in [0.05, 0.1) is 34.6 Å². The Bertz CT molecular complexity index is 1490. The second kappa shape index (κ2) is 12.3. The molecule has 4 rings (SSSR count). The molecule has 9 heteroatoms. The molecular weight excluding hydrogens is 585 g/mol. The Labute approximate surface area is 228 Å². The maximum absolute atomic E-state index is 12.6. The van der Waals surface area contributed by atoms with Crippen molar-refractivity contribution in [3.63, 3.8) is 0 Å². The minimum absolute atomic E-state index is 0.145. The summed E-state index contributed by atoms with van der Waals surface area (Å²) in [5, 5.41) is 14.2. The number of hydrogen-bond acceptors (Lipinski definition) is 7. The quantitative estimate of drug-likeness (QED) is 0.133. The molecule has 0 saturated heterocycles. The average molecular weight is 609 g/mol. The van der Waals surface area contributed by atoms with Crippen molar-refractivity contribution < 1.29 is 23.4 Å². The summed E-state index contributed by atoms with van der Waals surface area (Å²) < 4.78 is 23.8. The molecule has 0 aliphatic carbocycles. The fourth-order valence-corrected chi connectivity index (χ4v) is 4.36. The van der Waals surface area contributed by atoms with Crippen LogP contribution in [0.3, 0.4) is 0 Å². The van der Waals surface area contributed by atoms with Crippen molar-refractivity contribution in [3.05, 3.63) is 86.7 Å². The molecule has 37 heavy (non-hydrogen) atoms. The maximum Gasteiger partial charge on any atom is 0.307 e. The third-order valence-electron chi connectivity index (χ3n) is 5.24. The van der Waals surface area contributed by atoms with E-state index in [0.717, 1.165) is 14.5 Å². The molecule has 1 aromatic heterocycles. The molecular formula is C28H24IN3O5. The third-order valence-corrected chi connectivity index (χ3v) is 6.05. The molecule has 0 aliphatic rings. The summed E-state index contributed by atoms with van der Waals surface area (Å²) in [6, 6.07) is 20.1. The summed E-state index contributed by atoms with van der Waals surface area (Å²) in [7, 11) is 0. The number of carbonyl (C=O) groups excluding carboxylic acids is 1. The van der Waals surface area contributed by atoms with Crippen LogP contribution in [0.4, 0.5) is 0 Å². The predicted molar refractivity (Wildman–Crippen MR) is 148 cm³/mol. The minimum atomic E-state index is -0.471. The van der Waals surface area contributed by atoms with E-state index in [0.29, 0.717) is 47.2 Å². The zero-order chi connectivity index (χ0) is 26.2. The number of hydrazone groups is 1. The number of benzene rings is 3. The van der Waals surface area contributed by atoms with E-state index in [2.05, 4.69) is 39.2 Å². The van der Waals surface area contributed by atoms with Gasteiger partial charge in [0.1, 0.15) is 17.9 Å². The van der Waals surface area contributed by atoms with Gasteiger partial charge >= 0.3 is 5.91 Å². The van der Waals surface area contributed by atoms with E-state index in [9.17, 15) is 10.1 Å². The van der Waals surface area contributed by atoms with Gasteiger partial charge in [-0.1, -0.05) is 18.2 Å². The monoisotopic (exact) mass is 609 g/mol. The van der Waals surface area contributed by atoms with E-state index in [1.807, 2.05) is 44.2 Å². The highest BCUT2D eigenvalue weighted by Gasteiger charge is 2.14. The van der Waals surface area contributed by atoms with Crippen LogP contribution in [0.5, 0.6) is 17.2 Å². The summed E-state index contributed by atoms with van der Waals surface area (Å²) in [6.45, 7) is 5.01. The predicted octanol–water partition coefficient (Wildman–Crippen LogP) is 6.05. The summed E-state index contributed by atoms with van der Waals surface area (Å²) in [4.78, 5) is 12.6. The highest BCUT2D eigenvalue weighted by Crippen LogP contribution is 2.34. The Morgan fingerprint density at radius 2 is 1.89 bits per heavy atom. The lowest BCUT2D eigenvalue weighted by Crippen LogP contribution is -2.16. The van der Waals surface area contributed by atoms with Gasteiger partial charge < -0.3 is 18.6 Å². The summed E-state index contributed by atoms with van der Waals surface area (Å²) in [5.41, 5.74) is 5.14. The van der Waals surface area contributed by atoms with Crippen molar-refractivity contribution in [1.29, 1.82) is 5.26 Å². The van der Waals surface area contributed by atoms with Crippen LogP contribution in [0.2, 0.25) is 0 Å². The number of amides is 1. The lowest BCUT2D eigenvalue weighted by Gasteiger charge is -2.15. The first-order chi connectivity index (χ1) is 18.0. The number of fused-ring (bicyclic) bond motifs is 1. The molecule has 1 heterocycles. The lowest BCUT2D eigenvalue weighted by atomic mass is 10.1. The highest BCUT2D eigenvalue weighted by molar-refractivity contribution is 14.1. The van der Waals surface area contributed by atoms with Gasteiger partial charge in [-0.05, 0) is 84.5 Å². The largest absolute Gasteiger partial charge is 0.494 e. The number of nitriles is 1. The molecule has 3 aromatic carbocycles. The average Bonchev–Trinajstić information content (AvgIpc) is 3.32. The SMILES string of the molecule is CCOc1ccc2oc(C(=O)N/N=C/c3cc(I)c(OCc4ccccc4C#N)c(OCC)c3)cc2c1. The molecule has 8 nitrogen and oxygen atoms in total. The van der Waals surface area contributed by atoms with E-state index in [-0.39, 0.29) is 12.4 Å². The molecule has 188 valence electrons. The van der Waals surface area contributed by atoms with E-state index in [1.54, 1.807) is 30.3 Å². The molecule has 0 aliphatic heterocycles.